The minimum absolute atomic E-state index is 0.896. The van der Waals surface area contributed by atoms with Gasteiger partial charge < -0.3 is 5.32 Å². The number of aromatic nitrogens is 2. The van der Waals surface area contributed by atoms with E-state index in [1.165, 1.54) is 32.1 Å². The van der Waals surface area contributed by atoms with E-state index >= 15 is 0 Å². The van der Waals surface area contributed by atoms with Crippen LogP contribution < -0.4 is 5.32 Å². The number of thiazole rings is 1. The Labute approximate surface area is 106 Å². The maximum Gasteiger partial charge on any atom is 0.193 e. The molecule has 0 saturated heterocycles. The van der Waals surface area contributed by atoms with Crippen molar-refractivity contribution in [2.75, 3.05) is 6.54 Å². The van der Waals surface area contributed by atoms with Crippen LogP contribution in [0.2, 0.25) is 0 Å². The fourth-order valence-electron chi connectivity index (χ4n) is 2.66. The molecule has 1 aliphatic carbocycles. The molecule has 0 amide bonds. The van der Waals surface area contributed by atoms with E-state index in [2.05, 4.69) is 32.5 Å². The first-order valence-corrected chi connectivity index (χ1v) is 7.41. The molecule has 3 rings (SSSR count). The standard InChI is InChI=1S/C13H19N3S/c1-2-4-11(5-3-1)8-14-9-12-10-16-6-7-17-13(16)15-12/h6-7,10-11,14H,1-5,8-9H2. The van der Waals surface area contributed by atoms with Crippen molar-refractivity contribution in [1.29, 1.82) is 0 Å². The molecule has 2 aromatic rings. The highest BCUT2D eigenvalue weighted by molar-refractivity contribution is 7.15. The Kier molecular flexibility index (Phi) is 3.43. The van der Waals surface area contributed by atoms with E-state index in [9.17, 15) is 0 Å². The van der Waals surface area contributed by atoms with Crippen LogP contribution in [0.25, 0.3) is 4.96 Å². The molecule has 0 aromatic carbocycles. The summed E-state index contributed by atoms with van der Waals surface area (Å²) >= 11 is 1.69. The van der Waals surface area contributed by atoms with Gasteiger partial charge in [-0.2, -0.15) is 0 Å². The zero-order valence-electron chi connectivity index (χ0n) is 10.1. The van der Waals surface area contributed by atoms with Crippen LogP contribution in [-0.4, -0.2) is 15.9 Å². The van der Waals surface area contributed by atoms with Gasteiger partial charge in [-0.1, -0.05) is 19.3 Å². The lowest BCUT2D eigenvalue weighted by Crippen LogP contribution is -2.24. The molecular formula is C13H19N3S. The molecule has 0 unspecified atom stereocenters. The molecule has 1 aliphatic rings. The van der Waals surface area contributed by atoms with Crippen LogP contribution in [0.15, 0.2) is 17.8 Å². The molecule has 17 heavy (non-hydrogen) atoms. The smallest absolute Gasteiger partial charge is 0.193 e. The first-order chi connectivity index (χ1) is 8.42. The van der Waals surface area contributed by atoms with Gasteiger partial charge in [0.1, 0.15) is 0 Å². The molecule has 0 bridgehead atoms. The number of imidazole rings is 1. The van der Waals surface area contributed by atoms with Gasteiger partial charge in [0.15, 0.2) is 4.96 Å². The van der Waals surface area contributed by atoms with E-state index < -0.39 is 0 Å². The van der Waals surface area contributed by atoms with Crippen LogP contribution in [0.5, 0.6) is 0 Å². The molecule has 0 atom stereocenters. The number of nitrogens with one attached hydrogen (secondary N) is 1. The van der Waals surface area contributed by atoms with Crippen molar-refractivity contribution in [2.45, 2.75) is 38.6 Å². The Balaban J connectivity index is 1.49. The van der Waals surface area contributed by atoms with E-state index in [0.717, 1.165) is 29.7 Å². The highest BCUT2D eigenvalue weighted by Crippen LogP contribution is 2.22. The number of rotatable bonds is 4. The van der Waals surface area contributed by atoms with E-state index in [0.29, 0.717) is 0 Å². The molecule has 1 saturated carbocycles. The third-order valence-electron chi connectivity index (χ3n) is 3.61. The fraction of sp³-hybridized carbons (Fsp3) is 0.615. The lowest BCUT2D eigenvalue weighted by molar-refractivity contribution is 0.341. The lowest BCUT2D eigenvalue weighted by Gasteiger charge is -2.21. The van der Waals surface area contributed by atoms with Crippen molar-refractivity contribution in [3.05, 3.63) is 23.5 Å². The maximum atomic E-state index is 4.57. The van der Waals surface area contributed by atoms with Gasteiger partial charge in [-0.25, -0.2) is 4.98 Å². The largest absolute Gasteiger partial charge is 0.311 e. The van der Waals surface area contributed by atoms with Crippen molar-refractivity contribution in [1.82, 2.24) is 14.7 Å². The molecule has 0 spiro atoms. The van der Waals surface area contributed by atoms with Crippen LogP contribution in [0.4, 0.5) is 0 Å². The summed E-state index contributed by atoms with van der Waals surface area (Å²) in [6.45, 7) is 2.07. The van der Waals surface area contributed by atoms with Crippen LogP contribution in [-0.2, 0) is 6.54 Å². The van der Waals surface area contributed by atoms with E-state index in [1.807, 2.05) is 0 Å². The van der Waals surface area contributed by atoms with Crippen molar-refractivity contribution < 1.29 is 0 Å². The molecule has 3 nitrogen and oxygen atoms in total. The van der Waals surface area contributed by atoms with E-state index in [-0.39, 0.29) is 0 Å². The van der Waals surface area contributed by atoms with Gasteiger partial charge in [0.25, 0.3) is 0 Å². The Morgan fingerprint density at radius 1 is 1.35 bits per heavy atom. The third-order valence-corrected chi connectivity index (χ3v) is 4.38. The van der Waals surface area contributed by atoms with Crippen molar-refractivity contribution in [2.24, 2.45) is 5.92 Å². The summed E-state index contributed by atoms with van der Waals surface area (Å²) in [6, 6.07) is 0. The normalized spacial score (nSPS) is 17.9. The number of hydrogen-bond donors (Lipinski definition) is 1. The Bertz CT molecular complexity index is 439. The van der Waals surface area contributed by atoms with Crippen molar-refractivity contribution in [3.63, 3.8) is 0 Å². The minimum Gasteiger partial charge on any atom is -0.311 e. The van der Waals surface area contributed by atoms with E-state index in [1.54, 1.807) is 11.3 Å². The zero-order chi connectivity index (χ0) is 11.5. The second-order valence-corrected chi connectivity index (χ2v) is 5.83. The maximum absolute atomic E-state index is 4.57. The van der Waals surface area contributed by atoms with Gasteiger partial charge >= 0.3 is 0 Å². The predicted molar refractivity (Wildman–Crippen MR) is 71.4 cm³/mol. The zero-order valence-corrected chi connectivity index (χ0v) is 10.9. The average molecular weight is 249 g/mol. The topological polar surface area (TPSA) is 29.3 Å². The summed E-state index contributed by atoms with van der Waals surface area (Å²) in [5.41, 5.74) is 1.16. The van der Waals surface area contributed by atoms with Crippen LogP contribution >= 0.6 is 11.3 Å². The highest BCUT2D eigenvalue weighted by atomic mass is 32.1. The summed E-state index contributed by atoms with van der Waals surface area (Å²) in [5, 5.41) is 5.62. The Morgan fingerprint density at radius 3 is 3.06 bits per heavy atom. The third kappa shape index (κ3) is 2.69. The second-order valence-electron chi connectivity index (χ2n) is 4.96. The molecule has 92 valence electrons. The fourth-order valence-corrected chi connectivity index (χ4v) is 3.38. The molecule has 2 aromatic heterocycles. The average Bonchev–Trinajstić information content (AvgIpc) is 2.91. The molecule has 2 heterocycles. The predicted octanol–water partition coefficient (Wildman–Crippen LogP) is 3.07. The summed E-state index contributed by atoms with van der Waals surface area (Å²) in [4.78, 5) is 5.67. The van der Waals surface area contributed by atoms with Crippen molar-refractivity contribution in [3.8, 4) is 0 Å². The number of hydrogen-bond acceptors (Lipinski definition) is 3. The SMILES string of the molecule is c1cn2cc(CNCC3CCCCC3)nc2s1. The van der Waals surface area contributed by atoms with Gasteiger partial charge in [0, 0.05) is 24.3 Å². The Hall–Kier alpha value is -0.870. The van der Waals surface area contributed by atoms with E-state index in [4.69, 9.17) is 0 Å². The summed E-state index contributed by atoms with van der Waals surface area (Å²) in [5.74, 6) is 0.896. The van der Waals surface area contributed by atoms with Gasteiger partial charge in [0.05, 0.1) is 5.69 Å². The molecule has 1 fully saturated rings. The van der Waals surface area contributed by atoms with Crippen LogP contribution in [0.1, 0.15) is 37.8 Å². The van der Waals surface area contributed by atoms with Crippen LogP contribution in [0, 0.1) is 5.92 Å². The van der Waals surface area contributed by atoms with Gasteiger partial charge in [-0.15, -0.1) is 11.3 Å². The number of nitrogens with zero attached hydrogens (tertiary/aromatic N) is 2. The summed E-state index contributed by atoms with van der Waals surface area (Å²) in [7, 11) is 0. The second kappa shape index (κ2) is 5.19. The monoisotopic (exact) mass is 249 g/mol. The first kappa shape index (κ1) is 11.2. The highest BCUT2D eigenvalue weighted by Gasteiger charge is 2.12. The summed E-state index contributed by atoms with van der Waals surface area (Å²) < 4.78 is 2.10. The first-order valence-electron chi connectivity index (χ1n) is 6.53. The van der Waals surface area contributed by atoms with Crippen LogP contribution in [0.3, 0.4) is 0 Å². The van der Waals surface area contributed by atoms with Gasteiger partial charge in [0.2, 0.25) is 0 Å². The number of fused-ring (bicyclic) bond motifs is 1. The molecule has 1 N–H and O–H groups in total. The van der Waals surface area contributed by atoms with Gasteiger partial charge in [-0.05, 0) is 25.3 Å². The summed E-state index contributed by atoms with van der Waals surface area (Å²) in [6.07, 6.45) is 11.3. The molecule has 0 aliphatic heterocycles. The lowest BCUT2D eigenvalue weighted by atomic mass is 9.89. The molecular weight excluding hydrogens is 230 g/mol. The van der Waals surface area contributed by atoms with Crippen molar-refractivity contribution >= 4 is 16.3 Å². The minimum atomic E-state index is 0.896. The quantitative estimate of drug-likeness (QED) is 0.902. The molecule has 0 radical (unpaired) electrons. The van der Waals surface area contributed by atoms with Gasteiger partial charge in [-0.3, -0.25) is 4.40 Å². The Morgan fingerprint density at radius 2 is 2.24 bits per heavy atom. The molecule has 4 heteroatoms.